The third kappa shape index (κ3) is 3.32. The number of allylic oxidation sites excluding steroid dienone is 1. The van der Waals surface area contributed by atoms with Gasteiger partial charge in [-0.15, -0.1) is 0 Å². The van der Waals surface area contributed by atoms with Crippen molar-refractivity contribution in [2.75, 3.05) is 0 Å². The zero-order valence-electron chi connectivity index (χ0n) is 7.47. The number of aliphatic imine (C=N–C) groups is 1. The number of hydrogen-bond acceptors (Lipinski definition) is 3. The Morgan fingerprint density at radius 1 is 1.36 bits per heavy atom. The molecule has 68 valence electrons. The molecule has 0 aromatic heterocycles. The van der Waals surface area contributed by atoms with Crippen LogP contribution < -0.4 is 0 Å². The monoisotopic (exact) mass is 200 g/mol. The maximum absolute atomic E-state index is 8.32. The summed E-state index contributed by atoms with van der Waals surface area (Å²) in [6.07, 6.45) is 4.14. The van der Waals surface area contributed by atoms with Gasteiger partial charge in [-0.2, -0.15) is 10.3 Å². The van der Waals surface area contributed by atoms with Crippen molar-refractivity contribution >= 4 is 29.1 Å². The van der Waals surface area contributed by atoms with E-state index in [1.54, 1.807) is 0 Å². The largest absolute Gasteiger partial charge is 0.198 e. The smallest absolute Gasteiger partial charge is 0.0739 e. The molecule has 0 unspecified atom stereocenters. The van der Waals surface area contributed by atoms with Crippen molar-refractivity contribution in [2.24, 2.45) is 4.99 Å². The summed E-state index contributed by atoms with van der Waals surface area (Å²) in [5, 5.41) is 10.6. The Bertz CT molecular complexity index is 406. The first kappa shape index (κ1) is 10.3. The van der Waals surface area contributed by atoms with Crippen molar-refractivity contribution in [2.45, 2.75) is 6.42 Å². The number of nitrogens with zero attached hydrogens (tertiary/aromatic N) is 2. The normalized spacial score (nSPS) is 9.36. The van der Waals surface area contributed by atoms with Gasteiger partial charge in [-0.1, -0.05) is 24.3 Å². The number of isothiocyanates is 1. The maximum atomic E-state index is 8.32. The van der Waals surface area contributed by atoms with E-state index in [1.807, 2.05) is 42.5 Å². The highest BCUT2D eigenvalue weighted by Gasteiger charge is 1.88. The molecule has 0 spiro atoms. The van der Waals surface area contributed by atoms with E-state index in [-0.39, 0.29) is 0 Å². The van der Waals surface area contributed by atoms with Gasteiger partial charge >= 0.3 is 0 Å². The van der Waals surface area contributed by atoms with Gasteiger partial charge in [0.1, 0.15) is 0 Å². The summed E-state index contributed by atoms with van der Waals surface area (Å²) in [4.78, 5) is 3.83. The minimum absolute atomic E-state index is 0.430. The SMILES string of the molecule is N#CCC=Cc1ccc(N=C=S)cc1. The number of thiocarbonyl (C=S) groups is 1. The minimum Gasteiger partial charge on any atom is -0.198 e. The fraction of sp³-hybridized carbons (Fsp3) is 0.0909. The Morgan fingerprint density at radius 2 is 2.07 bits per heavy atom. The number of benzene rings is 1. The van der Waals surface area contributed by atoms with Crippen LogP contribution in [0.4, 0.5) is 5.69 Å². The maximum Gasteiger partial charge on any atom is 0.0739 e. The zero-order chi connectivity index (χ0) is 10.2. The molecule has 0 aliphatic carbocycles. The van der Waals surface area contributed by atoms with Crippen LogP contribution >= 0.6 is 12.2 Å². The second-order valence-electron chi connectivity index (χ2n) is 2.56. The lowest BCUT2D eigenvalue weighted by atomic mass is 10.2. The lowest BCUT2D eigenvalue weighted by Gasteiger charge is -1.92. The van der Waals surface area contributed by atoms with Gasteiger partial charge in [-0.25, -0.2) is 0 Å². The van der Waals surface area contributed by atoms with E-state index in [0.29, 0.717) is 6.42 Å². The molecule has 0 N–H and O–H groups in total. The van der Waals surface area contributed by atoms with Crippen molar-refractivity contribution in [3.63, 3.8) is 0 Å². The van der Waals surface area contributed by atoms with E-state index >= 15 is 0 Å². The van der Waals surface area contributed by atoms with Crippen LogP contribution in [0.2, 0.25) is 0 Å². The molecule has 14 heavy (non-hydrogen) atoms. The lowest BCUT2D eigenvalue weighted by molar-refractivity contribution is 1.36. The fourth-order valence-electron chi connectivity index (χ4n) is 0.960. The number of rotatable bonds is 3. The molecule has 0 saturated carbocycles. The van der Waals surface area contributed by atoms with Crippen molar-refractivity contribution in [1.29, 1.82) is 5.26 Å². The Labute approximate surface area is 88.2 Å². The van der Waals surface area contributed by atoms with Crippen LogP contribution in [0.15, 0.2) is 35.3 Å². The van der Waals surface area contributed by atoms with Crippen LogP contribution in [-0.2, 0) is 0 Å². The molecule has 1 aromatic carbocycles. The van der Waals surface area contributed by atoms with Crippen LogP contribution in [-0.4, -0.2) is 5.16 Å². The van der Waals surface area contributed by atoms with E-state index < -0.39 is 0 Å². The molecular weight excluding hydrogens is 192 g/mol. The summed E-state index contributed by atoms with van der Waals surface area (Å²) < 4.78 is 0. The summed E-state index contributed by atoms with van der Waals surface area (Å²) in [5.41, 5.74) is 1.83. The van der Waals surface area contributed by atoms with Crippen molar-refractivity contribution in [3.8, 4) is 6.07 Å². The van der Waals surface area contributed by atoms with Gasteiger partial charge in [0, 0.05) is 0 Å². The molecule has 0 aliphatic heterocycles. The first-order valence-corrected chi connectivity index (χ1v) is 4.49. The topological polar surface area (TPSA) is 36.1 Å². The molecule has 0 bridgehead atoms. The van der Waals surface area contributed by atoms with Gasteiger partial charge in [-0.05, 0) is 29.9 Å². The van der Waals surface area contributed by atoms with Crippen LogP contribution in [0.25, 0.3) is 6.08 Å². The van der Waals surface area contributed by atoms with Crippen LogP contribution in [0.5, 0.6) is 0 Å². The average molecular weight is 200 g/mol. The van der Waals surface area contributed by atoms with E-state index in [9.17, 15) is 0 Å². The molecule has 0 saturated heterocycles. The molecule has 0 radical (unpaired) electrons. The van der Waals surface area contributed by atoms with Gasteiger partial charge in [0.05, 0.1) is 23.3 Å². The number of hydrogen-bond donors (Lipinski definition) is 0. The predicted molar refractivity (Wildman–Crippen MR) is 60.4 cm³/mol. The van der Waals surface area contributed by atoms with E-state index in [2.05, 4.69) is 22.4 Å². The van der Waals surface area contributed by atoms with Gasteiger partial charge in [0.15, 0.2) is 0 Å². The Balaban J connectivity index is 2.74. The third-order valence-corrected chi connectivity index (χ3v) is 1.68. The molecule has 0 fully saturated rings. The van der Waals surface area contributed by atoms with Crippen LogP contribution in [0, 0.1) is 11.3 Å². The Morgan fingerprint density at radius 3 is 2.64 bits per heavy atom. The van der Waals surface area contributed by atoms with Crippen molar-refractivity contribution in [3.05, 3.63) is 35.9 Å². The summed E-state index contributed by atoms with van der Waals surface area (Å²) >= 11 is 4.49. The molecule has 1 rings (SSSR count). The fourth-order valence-corrected chi connectivity index (χ4v) is 1.07. The summed E-state index contributed by atoms with van der Waals surface area (Å²) in [7, 11) is 0. The molecule has 0 heterocycles. The van der Waals surface area contributed by atoms with Gasteiger partial charge in [0.25, 0.3) is 0 Å². The van der Waals surface area contributed by atoms with Gasteiger partial charge in [0.2, 0.25) is 0 Å². The highest BCUT2D eigenvalue weighted by atomic mass is 32.1. The second kappa shape index (κ2) is 5.82. The lowest BCUT2D eigenvalue weighted by Crippen LogP contribution is -1.70. The summed E-state index contributed by atoms with van der Waals surface area (Å²) in [6, 6.07) is 9.58. The second-order valence-corrected chi connectivity index (χ2v) is 2.74. The first-order valence-electron chi connectivity index (χ1n) is 4.08. The summed E-state index contributed by atoms with van der Waals surface area (Å²) in [6.45, 7) is 0. The standard InChI is InChI=1S/C11H8N2S/c12-8-2-1-3-10-4-6-11(7-5-10)13-9-14/h1,3-7H,2H2. The molecular formula is C11H8N2S. The van der Waals surface area contributed by atoms with E-state index in [0.717, 1.165) is 11.3 Å². The highest BCUT2D eigenvalue weighted by Crippen LogP contribution is 2.13. The van der Waals surface area contributed by atoms with E-state index in [1.165, 1.54) is 0 Å². The molecule has 3 heteroatoms. The van der Waals surface area contributed by atoms with Gasteiger partial charge in [-0.3, -0.25) is 0 Å². The zero-order valence-corrected chi connectivity index (χ0v) is 8.29. The highest BCUT2D eigenvalue weighted by molar-refractivity contribution is 7.78. The first-order chi connectivity index (χ1) is 6.86. The Hall–Kier alpha value is -1.75. The Kier molecular flexibility index (Phi) is 4.30. The molecule has 2 nitrogen and oxygen atoms in total. The van der Waals surface area contributed by atoms with Crippen molar-refractivity contribution in [1.82, 2.24) is 0 Å². The van der Waals surface area contributed by atoms with E-state index in [4.69, 9.17) is 5.26 Å². The number of nitriles is 1. The minimum atomic E-state index is 0.430. The summed E-state index contributed by atoms with van der Waals surface area (Å²) in [5.74, 6) is 0. The quantitative estimate of drug-likeness (QED) is 0.554. The van der Waals surface area contributed by atoms with Crippen molar-refractivity contribution < 1.29 is 0 Å². The molecule has 0 aliphatic rings. The molecule has 0 amide bonds. The van der Waals surface area contributed by atoms with Crippen LogP contribution in [0.3, 0.4) is 0 Å². The predicted octanol–water partition coefficient (Wildman–Crippen LogP) is 3.35. The average Bonchev–Trinajstić information content (AvgIpc) is 2.21. The van der Waals surface area contributed by atoms with Crippen LogP contribution in [0.1, 0.15) is 12.0 Å². The van der Waals surface area contributed by atoms with Gasteiger partial charge < -0.3 is 0 Å². The molecule has 1 aromatic rings. The third-order valence-electron chi connectivity index (χ3n) is 1.59. The molecule has 0 atom stereocenters.